The van der Waals surface area contributed by atoms with E-state index in [1.807, 2.05) is 18.2 Å². The Morgan fingerprint density at radius 2 is 2.00 bits per heavy atom. The van der Waals surface area contributed by atoms with Crippen LogP contribution in [0.2, 0.25) is 0 Å². The quantitative estimate of drug-likeness (QED) is 0.879. The first-order valence-electron chi connectivity index (χ1n) is 6.13. The Morgan fingerprint density at radius 1 is 1.22 bits per heavy atom. The Kier molecular flexibility index (Phi) is 2.63. The van der Waals surface area contributed by atoms with Gasteiger partial charge in [0.15, 0.2) is 5.69 Å². The van der Waals surface area contributed by atoms with E-state index in [-0.39, 0.29) is 5.69 Å². The maximum Gasteiger partial charge on any atom is 0.355 e. The van der Waals surface area contributed by atoms with E-state index in [1.54, 1.807) is 6.20 Å². The van der Waals surface area contributed by atoms with E-state index >= 15 is 0 Å². The smallest absolute Gasteiger partial charge is 0.355 e. The number of carbonyl (C=O) groups is 1. The Balaban J connectivity index is 2.10. The SMILES string of the molecule is O=C(O)c1nccc2cc(N3CCCC3)ccc12. The minimum Gasteiger partial charge on any atom is -0.476 e. The lowest BCUT2D eigenvalue weighted by molar-refractivity contribution is 0.0693. The predicted molar refractivity (Wildman–Crippen MR) is 70.1 cm³/mol. The van der Waals surface area contributed by atoms with Crippen molar-refractivity contribution in [3.8, 4) is 0 Å². The number of aromatic nitrogens is 1. The van der Waals surface area contributed by atoms with Crippen LogP contribution in [0.25, 0.3) is 10.8 Å². The van der Waals surface area contributed by atoms with E-state index in [2.05, 4.69) is 16.0 Å². The summed E-state index contributed by atoms with van der Waals surface area (Å²) in [6, 6.07) is 7.76. The molecule has 1 aromatic heterocycles. The number of aromatic carboxylic acids is 1. The largest absolute Gasteiger partial charge is 0.476 e. The highest BCUT2D eigenvalue weighted by Crippen LogP contribution is 2.26. The van der Waals surface area contributed by atoms with Crippen molar-refractivity contribution in [3.63, 3.8) is 0 Å². The summed E-state index contributed by atoms with van der Waals surface area (Å²) in [5.41, 5.74) is 1.29. The molecule has 1 fully saturated rings. The van der Waals surface area contributed by atoms with Gasteiger partial charge >= 0.3 is 5.97 Å². The van der Waals surface area contributed by atoms with Crippen LogP contribution in [0.1, 0.15) is 23.3 Å². The van der Waals surface area contributed by atoms with Crippen molar-refractivity contribution < 1.29 is 9.90 Å². The molecular weight excluding hydrogens is 228 g/mol. The average molecular weight is 242 g/mol. The lowest BCUT2D eigenvalue weighted by Gasteiger charge is -2.18. The number of hydrogen-bond donors (Lipinski definition) is 1. The van der Waals surface area contributed by atoms with Crippen LogP contribution in [-0.2, 0) is 0 Å². The Labute approximate surface area is 105 Å². The molecule has 0 atom stereocenters. The van der Waals surface area contributed by atoms with Gasteiger partial charge in [0.05, 0.1) is 0 Å². The highest BCUT2D eigenvalue weighted by Gasteiger charge is 2.14. The molecule has 3 rings (SSSR count). The fourth-order valence-corrected chi connectivity index (χ4v) is 2.51. The van der Waals surface area contributed by atoms with Crippen molar-refractivity contribution in [2.24, 2.45) is 0 Å². The molecule has 1 N–H and O–H groups in total. The molecule has 92 valence electrons. The minimum atomic E-state index is -0.977. The molecule has 0 bridgehead atoms. The number of pyridine rings is 1. The second kappa shape index (κ2) is 4.29. The molecule has 2 heterocycles. The summed E-state index contributed by atoms with van der Waals surface area (Å²) in [5.74, 6) is -0.977. The molecule has 0 saturated carbocycles. The number of hydrogen-bond acceptors (Lipinski definition) is 3. The summed E-state index contributed by atoms with van der Waals surface area (Å²) < 4.78 is 0. The van der Waals surface area contributed by atoms with E-state index < -0.39 is 5.97 Å². The Morgan fingerprint density at radius 3 is 2.72 bits per heavy atom. The molecule has 2 aromatic rings. The van der Waals surface area contributed by atoms with Crippen LogP contribution < -0.4 is 4.90 Å². The third kappa shape index (κ3) is 1.79. The van der Waals surface area contributed by atoms with E-state index in [4.69, 9.17) is 5.11 Å². The maximum atomic E-state index is 11.1. The Bertz CT molecular complexity index is 604. The van der Waals surface area contributed by atoms with Gasteiger partial charge in [-0.05, 0) is 42.5 Å². The van der Waals surface area contributed by atoms with E-state index in [1.165, 1.54) is 18.5 Å². The number of rotatable bonds is 2. The van der Waals surface area contributed by atoms with Crippen LogP contribution >= 0.6 is 0 Å². The summed E-state index contributed by atoms with van der Waals surface area (Å²) in [7, 11) is 0. The fraction of sp³-hybridized carbons (Fsp3) is 0.286. The normalized spacial score (nSPS) is 15.2. The highest BCUT2D eigenvalue weighted by molar-refractivity contribution is 6.02. The molecule has 4 nitrogen and oxygen atoms in total. The lowest BCUT2D eigenvalue weighted by Crippen LogP contribution is -2.17. The summed E-state index contributed by atoms with van der Waals surface area (Å²) in [4.78, 5) is 17.3. The van der Waals surface area contributed by atoms with Gasteiger partial charge in [0, 0.05) is 30.4 Å². The van der Waals surface area contributed by atoms with Gasteiger partial charge in [0.2, 0.25) is 0 Å². The average Bonchev–Trinajstić information content (AvgIpc) is 2.91. The summed E-state index contributed by atoms with van der Waals surface area (Å²) in [5, 5.41) is 10.7. The van der Waals surface area contributed by atoms with Crippen LogP contribution in [0.4, 0.5) is 5.69 Å². The van der Waals surface area contributed by atoms with Crippen LogP contribution in [0.5, 0.6) is 0 Å². The van der Waals surface area contributed by atoms with Gasteiger partial charge in [-0.1, -0.05) is 0 Å². The van der Waals surface area contributed by atoms with Crippen molar-refractivity contribution in [1.82, 2.24) is 4.98 Å². The van der Waals surface area contributed by atoms with E-state index in [0.29, 0.717) is 5.39 Å². The predicted octanol–water partition coefficient (Wildman–Crippen LogP) is 2.53. The molecular formula is C14H14N2O2. The fourth-order valence-electron chi connectivity index (χ4n) is 2.51. The molecule has 1 aromatic carbocycles. The molecule has 1 aliphatic heterocycles. The number of carboxylic acids is 1. The summed E-state index contributed by atoms with van der Waals surface area (Å²) in [6.45, 7) is 2.17. The highest BCUT2D eigenvalue weighted by atomic mass is 16.4. The third-order valence-corrected chi connectivity index (χ3v) is 3.42. The van der Waals surface area contributed by atoms with Crippen molar-refractivity contribution in [1.29, 1.82) is 0 Å². The van der Waals surface area contributed by atoms with Crippen molar-refractivity contribution in [2.45, 2.75) is 12.8 Å². The minimum absolute atomic E-state index is 0.125. The third-order valence-electron chi connectivity index (χ3n) is 3.42. The molecule has 0 unspecified atom stereocenters. The van der Waals surface area contributed by atoms with Gasteiger partial charge in [-0.15, -0.1) is 0 Å². The zero-order chi connectivity index (χ0) is 12.5. The van der Waals surface area contributed by atoms with Gasteiger partial charge in [-0.25, -0.2) is 9.78 Å². The van der Waals surface area contributed by atoms with E-state index in [0.717, 1.165) is 18.5 Å². The molecule has 1 aliphatic rings. The topological polar surface area (TPSA) is 53.4 Å². The van der Waals surface area contributed by atoms with E-state index in [9.17, 15) is 4.79 Å². The first-order valence-corrected chi connectivity index (χ1v) is 6.13. The first kappa shape index (κ1) is 11.0. The maximum absolute atomic E-state index is 11.1. The molecule has 4 heteroatoms. The first-order chi connectivity index (χ1) is 8.75. The number of nitrogens with zero attached hydrogens (tertiary/aromatic N) is 2. The summed E-state index contributed by atoms with van der Waals surface area (Å²) >= 11 is 0. The molecule has 18 heavy (non-hydrogen) atoms. The summed E-state index contributed by atoms with van der Waals surface area (Å²) in [6.07, 6.45) is 4.02. The molecule has 0 radical (unpaired) electrons. The van der Waals surface area contributed by atoms with Crippen LogP contribution in [0.15, 0.2) is 30.5 Å². The number of carboxylic acid groups (broad SMARTS) is 1. The van der Waals surface area contributed by atoms with Gasteiger partial charge in [-0.3, -0.25) is 0 Å². The van der Waals surface area contributed by atoms with Crippen LogP contribution in [0.3, 0.4) is 0 Å². The second-order valence-electron chi connectivity index (χ2n) is 4.56. The second-order valence-corrected chi connectivity index (χ2v) is 4.56. The Hall–Kier alpha value is -2.10. The number of benzene rings is 1. The van der Waals surface area contributed by atoms with Gasteiger partial charge in [0.1, 0.15) is 0 Å². The van der Waals surface area contributed by atoms with Gasteiger partial charge in [-0.2, -0.15) is 0 Å². The standard InChI is InChI=1S/C14H14N2O2/c17-14(18)13-12-4-3-11(16-7-1-2-8-16)9-10(12)5-6-15-13/h3-6,9H,1-2,7-8H2,(H,17,18). The van der Waals surface area contributed by atoms with Crippen molar-refractivity contribution in [3.05, 3.63) is 36.2 Å². The van der Waals surface area contributed by atoms with Gasteiger partial charge in [0.25, 0.3) is 0 Å². The van der Waals surface area contributed by atoms with Gasteiger partial charge < -0.3 is 10.0 Å². The number of anilines is 1. The van der Waals surface area contributed by atoms with Crippen LogP contribution in [-0.4, -0.2) is 29.1 Å². The molecule has 0 aliphatic carbocycles. The van der Waals surface area contributed by atoms with Crippen molar-refractivity contribution >= 4 is 22.4 Å². The monoisotopic (exact) mass is 242 g/mol. The number of fused-ring (bicyclic) bond motifs is 1. The molecule has 0 amide bonds. The molecule has 0 spiro atoms. The lowest BCUT2D eigenvalue weighted by atomic mass is 10.1. The zero-order valence-corrected chi connectivity index (χ0v) is 9.97. The van der Waals surface area contributed by atoms with Crippen LogP contribution in [0, 0.1) is 0 Å². The molecule has 1 saturated heterocycles. The zero-order valence-electron chi connectivity index (χ0n) is 9.97. The van der Waals surface area contributed by atoms with Crippen molar-refractivity contribution in [2.75, 3.05) is 18.0 Å².